The second-order valence-corrected chi connectivity index (χ2v) is 8.46. The Bertz CT molecular complexity index is 440. The van der Waals surface area contributed by atoms with E-state index in [4.69, 9.17) is 14.5 Å². The van der Waals surface area contributed by atoms with Gasteiger partial charge in [-0.25, -0.2) is 0 Å². The van der Waals surface area contributed by atoms with E-state index in [0.29, 0.717) is 12.0 Å². The van der Waals surface area contributed by atoms with E-state index < -0.39 is 0 Å². The predicted octanol–water partition coefficient (Wildman–Crippen LogP) is 2.87. The minimum atomic E-state index is 0. The number of guanidine groups is 1. The lowest BCUT2D eigenvalue weighted by molar-refractivity contribution is 0.0893. The van der Waals surface area contributed by atoms with Crippen molar-refractivity contribution in [3.8, 4) is 0 Å². The molecule has 0 amide bonds. The molecule has 0 aromatic carbocycles. The highest BCUT2D eigenvalue weighted by atomic mass is 127. The summed E-state index contributed by atoms with van der Waals surface area (Å²) in [5.74, 6) is 2.51. The van der Waals surface area contributed by atoms with Crippen LogP contribution in [0.5, 0.6) is 0 Å². The van der Waals surface area contributed by atoms with Gasteiger partial charge in [0.25, 0.3) is 0 Å². The minimum Gasteiger partial charge on any atom is -0.381 e. The first kappa shape index (κ1) is 24.2. The average Bonchev–Trinajstić information content (AvgIpc) is 3.42. The number of nitrogens with zero attached hydrogens (tertiary/aromatic N) is 2. The van der Waals surface area contributed by atoms with Crippen molar-refractivity contribution in [2.75, 3.05) is 59.2 Å². The topological polar surface area (TPSA) is 58.1 Å². The van der Waals surface area contributed by atoms with Gasteiger partial charge in [0.15, 0.2) is 5.96 Å². The van der Waals surface area contributed by atoms with E-state index in [-0.39, 0.29) is 24.0 Å². The summed E-state index contributed by atoms with van der Waals surface area (Å²) in [6, 6.07) is 0.530. The van der Waals surface area contributed by atoms with E-state index >= 15 is 0 Å². The van der Waals surface area contributed by atoms with Gasteiger partial charge in [0.05, 0.1) is 13.2 Å². The lowest BCUT2D eigenvalue weighted by atomic mass is 10.1. The third-order valence-corrected chi connectivity index (χ3v) is 6.04. The van der Waals surface area contributed by atoms with E-state index in [9.17, 15) is 0 Å². The van der Waals surface area contributed by atoms with Crippen LogP contribution in [0.1, 0.15) is 51.9 Å². The van der Waals surface area contributed by atoms with Gasteiger partial charge in [-0.05, 0) is 44.9 Å². The summed E-state index contributed by atoms with van der Waals surface area (Å²) in [7, 11) is 0. The van der Waals surface area contributed by atoms with E-state index in [1.165, 1.54) is 45.2 Å². The molecule has 0 radical (unpaired) electrons. The minimum absolute atomic E-state index is 0. The molecule has 3 rings (SSSR count). The Labute approximate surface area is 188 Å². The van der Waals surface area contributed by atoms with Crippen molar-refractivity contribution >= 4 is 29.9 Å². The van der Waals surface area contributed by atoms with Crippen molar-refractivity contribution < 1.29 is 9.47 Å². The van der Waals surface area contributed by atoms with Crippen LogP contribution in [0.25, 0.3) is 0 Å². The summed E-state index contributed by atoms with van der Waals surface area (Å²) in [5.41, 5.74) is 0. The van der Waals surface area contributed by atoms with E-state index in [0.717, 1.165) is 70.8 Å². The first-order chi connectivity index (χ1) is 13.3. The van der Waals surface area contributed by atoms with Crippen LogP contribution in [-0.2, 0) is 9.47 Å². The van der Waals surface area contributed by atoms with Crippen LogP contribution in [0.3, 0.4) is 0 Å². The Kier molecular flexibility index (Phi) is 12.1. The molecule has 0 bridgehead atoms. The third-order valence-electron chi connectivity index (χ3n) is 6.04. The number of nitrogens with one attached hydrogen (secondary N) is 2. The number of halogens is 1. The molecular weight excluding hydrogens is 467 g/mol. The van der Waals surface area contributed by atoms with E-state index in [2.05, 4.69) is 22.5 Å². The van der Waals surface area contributed by atoms with Crippen molar-refractivity contribution in [2.45, 2.75) is 57.9 Å². The molecule has 2 aliphatic heterocycles. The van der Waals surface area contributed by atoms with Gasteiger partial charge in [-0.15, -0.1) is 24.0 Å². The maximum Gasteiger partial charge on any atom is 0.191 e. The van der Waals surface area contributed by atoms with Crippen molar-refractivity contribution in [1.82, 2.24) is 15.5 Å². The summed E-state index contributed by atoms with van der Waals surface area (Å²) < 4.78 is 11.2. The molecule has 2 N–H and O–H groups in total. The Hall–Kier alpha value is -0.120. The molecule has 7 heteroatoms. The zero-order valence-corrected chi connectivity index (χ0v) is 20.0. The van der Waals surface area contributed by atoms with Crippen LogP contribution in [0, 0.1) is 11.8 Å². The highest BCUT2D eigenvalue weighted by molar-refractivity contribution is 14.0. The van der Waals surface area contributed by atoms with E-state index in [1.54, 1.807) is 0 Å². The Morgan fingerprint density at radius 3 is 2.79 bits per heavy atom. The highest BCUT2D eigenvalue weighted by Crippen LogP contribution is 2.26. The maximum absolute atomic E-state index is 5.77. The molecule has 2 atom stereocenters. The summed E-state index contributed by atoms with van der Waals surface area (Å²) in [6.45, 7) is 10.9. The van der Waals surface area contributed by atoms with Crippen molar-refractivity contribution in [3.05, 3.63) is 0 Å². The summed E-state index contributed by atoms with van der Waals surface area (Å²) in [4.78, 5) is 7.40. The molecule has 0 aromatic rings. The number of rotatable bonds is 10. The molecule has 0 aromatic heterocycles. The molecule has 164 valence electrons. The van der Waals surface area contributed by atoms with Gasteiger partial charge >= 0.3 is 0 Å². The Morgan fingerprint density at radius 2 is 2.04 bits per heavy atom. The molecular formula is C21H41IN4O2. The summed E-state index contributed by atoms with van der Waals surface area (Å²) in [6.07, 6.45) is 9.10. The normalized spacial score (nSPS) is 26.5. The zero-order chi connectivity index (χ0) is 18.7. The van der Waals surface area contributed by atoms with Crippen molar-refractivity contribution in [3.63, 3.8) is 0 Å². The first-order valence-corrected chi connectivity index (χ1v) is 11.3. The molecule has 1 saturated carbocycles. The molecule has 0 spiro atoms. The van der Waals surface area contributed by atoms with Gasteiger partial charge in [-0.3, -0.25) is 4.99 Å². The van der Waals surface area contributed by atoms with E-state index in [1.807, 2.05) is 0 Å². The van der Waals surface area contributed by atoms with Gasteiger partial charge < -0.3 is 25.0 Å². The molecule has 3 fully saturated rings. The second-order valence-electron chi connectivity index (χ2n) is 8.46. The molecule has 1 aliphatic carbocycles. The SMILES string of the molecule is CCNC(=NCCCOCC1CCOC1)NC1CCN(CC2CCCC2)C1.I. The van der Waals surface area contributed by atoms with Gasteiger partial charge in [-0.1, -0.05) is 12.8 Å². The molecule has 2 heterocycles. The number of likely N-dealkylation sites (tertiary alicyclic amines) is 1. The predicted molar refractivity (Wildman–Crippen MR) is 126 cm³/mol. The zero-order valence-electron chi connectivity index (χ0n) is 17.7. The highest BCUT2D eigenvalue weighted by Gasteiger charge is 2.26. The molecule has 2 unspecified atom stereocenters. The van der Waals surface area contributed by atoms with Crippen LogP contribution < -0.4 is 10.6 Å². The number of aliphatic imine (C=N–C) groups is 1. The lowest BCUT2D eigenvalue weighted by Gasteiger charge is -2.21. The van der Waals surface area contributed by atoms with Gasteiger partial charge in [0, 0.05) is 57.9 Å². The van der Waals surface area contributed by atoms with Gasteiger partial charge in [0.1, 0.15) is 0 Å². The summed E-state index contributed by atoms with van der Waals surface area (Å²) in [5, 5.41) is 7.04. The van der Waals surface area contributed by atoms with Crippen LogP contribution in [0.15, 0.2) is 4.99 Å². The molecule has 2 saturated heterocycles. The monoisotopic (exact) mass is 508 g/mol. The second kappa shape index (κ2) is 14.0. The molecule has 6 nitrogen and oxygen atoms in total. The largest absolute Gasteiger partial charge is 0.381 e. The van der Waals surface area contributed by atoms with Crippen molar-refractivity contribution in [1.29, 1.82) is 0 Å². The first-order valence-electron chi connectivity index (χ1n) is 11.3. The maximum atomic E-state index is 5.77. The number of ether oxygens (including phenoxy) is 2. The number of hydrogen-bond donors (Lipinski definition) is 2. The third kappa shape index (κ3) is 8.71. The lowest BCUT2D eigenvalue weighted by Crippen LogP contribution is -2.45. The molecule has 28 heavy (non-hydrogen) atoms. The van der Waals surface area contributed by atoms with Gasteiger partial charge in [0.2, 0.25) is 0 Å². The quantitative estimate of drug-likeness (QED) is 0.206. The smallest absolute Gasteiger partial charge is 0.191 e. The Balaban J connectivity index is 0.00000280. The fourth-order valence-electron chi connectivity index (χ4n) is 4.51. The fourth-order valence-corrected chi connectivity index (χ4v) is 4.51. The summed E-state index contributed by atoms with van der Waals surface area (Å²) >= 11 is 0. The van der Waals surface area contributed by atoms with Crippen LogP contribution in [0.2, 0.25) is 0 Å². The average molecular weight is 508 g/mol. The number of hydrogen-bond acceptors (Lipinski definition) is 4. The van der Waals surface area contributed by atoms with Gasteiger partial charge in [-0.2, -0.15) is 0 Å². The van der Waals surface area contributed by atoms with Crippen molar-refractivity contribution in [2.24, 2.45) is 16.8 Å². The molecule has 3 aliphatic rings. The Morgan fingerprint density at radius 1 is 1.18 bits per heavy atom. The van der Waals surface area contributed by atoms with Crippen LogP contribution in [-0.4, -0.2) is 76.1 Å². The fraction of sp³-hybridized carbons (Fsp3) is 0.952. The van der Waals surface area contributed by atoms with Crippen LogP contribution in [0.4, 0.5) is 0 Å². The van der Waals surface area contributed by atoms with Crippen LogP contribution >= 0.6 is 24.0 Å². The standard InChI is InChI=1S/C21H40N4O2.HI/c1-2-22-21(23-10-5-12-26-16-19-9-13-27-17-19)24-20-8-11-25(15-20)14-18-6-3-4-7-18;/h18-20H,2-17H2,1H3,(H2,22,23,24);1H.